The third-order valence-electron chi connectivity index (χ3n) is 4.15. The molecule has 0 aliphatic heterocycles. The maximum Gasteiger partial charge on any atom is 0.0400 e. The molecule has 2 heteroatoms. The second-order valence-corrected chi connectivity index (χ2v) is 5.44. The molecule has 21 heavy (non-hydrogen) atoms. The summed E-state index contributed by atoms with van der Waals surface area (Å²) in [5, 5.41) is 3.53. The fourth-order valence-electron chi connectivity index (χ4n) is 2.55. The Morgan fingerprint density at radius 3 is 2.19 bits per heavy atom. The van der Waals surface area contributed by atoms with Crippen LogP contribution in [0.1, 0.15) is 30.5 Å². The minimum absolute atomic E-state index is 0.864. The number of benzene rings is 2. The van der Waals surface area contributed by atoms with Crippen molar-refractivity contribution >= 4 is 11.4 Å². The molecule has 0 fully saturated rings. The van der Waals surface area contributed by atoms with E-state index in [2.05, 4.69) is 80.4 Å². The van der Waals surface area contributed by atoms with Gasteiger partial charge in [-0.15, -0.1) is 0 Å². The zero-order valence-electron chi connectivity index (χ0n) is 13.6. The van der Waals surface area contributed by atoms with Gasteiger partial charge in [-0.2, -0.15) is 0 Å². The number of nitrogens with zero attached hydrogens (tertiary/aromatic N) is 1. The van der Waals surface area contributed by atoms with Gasteiger partial charge in [-0.1, -0.05) is 24.3 Å². The largest absolute Gasteiger partial charge is 0.381 e. The number of nitrogens with one attached hydrogen (secondary N) is 1. The predicted octanol–water partition coefficient (Wildman–Crippen LogP) is 4.76. The van der Waals surface area contributed by atoms with E-state index in [1.807, 2.05) is 0 Å². The molecule has 0 heterocycles. The lowest BCUT2D eigenvalue weighted by molar-refractivity contribution is 0.865. The summed E-state index contributed by atoms with van der Waals surface area (Å²) in [6, 6.07) is 15.3. The fraction of sp³-hybridized carbons (Fsp3) is 0.368. The van der Waals surface area contributed by atoms with E-state index in [1.165, 1.54) is 28.1 Å². The molecule has 0 aliphatic rings. The Labute approximate surface area is 128 Å². The number of rotatable bonds is 6. The quantitative estimate of drug-likeness (QED) is 0.821. The predicted molar refractivity (Wildman–Crippen MR) is 93.2 cm³/mol. The lowest BCUT2D eigenvalue weighted by Gasteiger charge is -2.21. The second kappa shape index (κ2) is 7.16. The van der Waals surface area contributed by atoms with Crippen LogP contribution in [-0.4, -0.2) is 13.1 Å². The molecule has 0 unspecified atom stereocenters. The molecule has 112 valence electrons. The summed E-state index contributed by atoms with van der Waals surface area (Å²) in [4.78, 5) is 2.36. The molecule has 2 rings (SSSR count). The molecule has 0 bridgehead atoms. The van der Waals surface area contributed by atoms with Crippen molar-refractivity contribution in [3.05, 3.63) is 59.2 Å². The summed E-state index contributed by atoms with van der Waals surface area (Å²) in [7, 11) is 0. The molecule has 0 amide bonds. The van der Waals surface area contributed by atoms with Crippen molar-refractivity contribution in [1.29, 1.82) is 0 Å². The molecule has 2 aromatic carbocycles. The van der Waals surface area contributed by atoms with Gasteiger partial charge in [0, 0.05) is 31.0 Å². The summed E-state index contributed by atoms with van der Waals surface area (Å²) < 4.78 is 0. The third-order valence-corrected chi connectivity index (χ3v) is 4.15. The third kappa shape index (κ3) is 3.78. The highest BCUT2D eigenvalue weighted by molar-refractivity contribution is 5.54. The Hall–Kier alpha value is -1.96. The Morgan fingerprint density at radius 2 is 1.57 bits per heavy atom. The summed E-state index contributed by atoms with van der Waals surface area (Å²) in [5.41, 5.74) is 6.50. The van der Waals surface area contributed by atoms with Crippen molar-refractivity contribution in [2.24, 2.45) is 0 Å². The van der Waals surface area contributed by atoms with Crippen LogP contribution in [0.4, 0.5) is 11.4 Å². The SMILES string of the molecule is CCN(CC)c1ccc(CNc2cccc(C)c2C)cc1. The van der Waals surface area contributed by atoms with Gasteiger partial charge in [-0.25, -0.2) is 0 Å². The Balaban J connectivity index is 2.02. The van der Waals surface area contributed by atoms with Crippen molar-refractivity contribution in [3.63, 3.8) is 0 Å². The van der Waals surface area contributed by atoms with E-state index in [4.69, 9.17) is 0 Å². The molecule has 0 saturated carbocycles. The van der Waals surface area contributed by atoms with Crippen LogP contribution in [0.5, 0.6) is 0 Å². The van der Waals surface area contributed by atoms with Crippen LogP contribution in [0.15, 0.2) is 42.5 Å². The molecule has 0 aromatic heterocycles. The molecule has 0 radical (unpaired) electrons. The lowest BCUT2D eigenvalue weighted by atomic mass is 10.1. The highest BCUT2D eigenvalue weighted by atomic mass is 15.1. The summed E-state index contributed by atoms with van der Waals surface area (Å²) in [6.07, 6.45) is 0. The average Bonchev–Trinajstić information content (AvgIpc) is 2.51. The van der Waals surface area contributed by atoms with Crippen LogP contribution in [0.25, 0.3) is 0 Å². The highest BCUT2D eigenvalue weighted by Crippen LogP contribution is 2.20. The summed E-state index contributed by atoms with van der Waals surface area (Å²) in [5.74, 6) is 0. The lowest BCUT2D eigenvalue weighted by Crippen LogP contribution is -2.21. The van der Waals surface area contributed by atoms with Crippen LogP contribution < -0.4 is 10.2 Å². The minimum Gasteiger partial charge on any atom is -0.381 e. The van der Waals surface area contributed by atoms with Crippen molar-refractivity contribution in [3.8, 4) is 0 Å². The topological polar surface area (TPSA) is 15.3 Å². The minimum atomic E-state index is 0.864. The van der Waals surface area contributed by atoms with Crippen molar-refractivity contribution in [2.45, 2.75) is 34.2 Å². The Morgan fingerprint density at radius 1 is 0.905 bits per heavy atom. The first-order valence-electron chi connectivity index (χ1n) is 7.79. The average molecular weight is 282 g/mol. The van der Waals surface area contributed by atoms with Gasteiger partial charge in [0.25, 0.3) is 0 Å². The van der Waals surface area contributed by atoms with E-state index >= 15 is 0 Å². The van der Waals surface area contributed by atoms with E-state index in [1.54, 1.807) is 0 Å². The van der Waals surface area contributed by atoms with Crippen LogP contribution in [0.3, 0.4) is 0 Å². The van der Waals surface area contributed by atoms with Crippen LogP contribution in [0, 0.1) is 13.8 Å². The zero-order chi connectivity index (χ0) is 15.2. The van der Waals surface area contributed by atoms with Crippen molar-refractivity contribution in [1.82, 2.24) is 0 Å². The van der Waals surface area contributed by atoms with Crippen LogP contribution in [0.2, 0.25) is 0 Å². The van der Waals surface area contributed by atoms with E-state index < -0.39 is 0 Å². The molecular weight excluding hydrogens is 256 g/mol. The van der Waals surface area contributed by atoms with E-state index in [0.717, 1.165) is 19.6 Å². The number of anilines is 2. The fourth-order valence-corrected chi connectivity index (χ4v) is 2.55. The van der Waals surface area contributed by atoms with E-state index in [9.17, 15) is 0 Å². The Bertz CT molecular complexity index is 569. The van der Waals surface area contributed by atoms with Crippen molar-refractivity contribution in [2.75, 3.05) is 23.3 Å². The summed E-state index contributed by atoms with van der Waals surface area (Å²) >= 11 is 0. The molecule has 0 aliphatic carbocycles. The van der Waals surface area contributed by atoms with Gasteiger partial charge in [-0.05, 0) is 62.6 Å². The normalized spacial score (nSPS) is 10.5. The number of hydrogen-bond acceptors (Lipinski definition) is 2. The molecule has 0 spiro atoms. The van der Waals surface area contributed by atoms with Gasteiger partial charge in [0.2, 0.25) is 0 Å². The first-order valence-corrected chi connectivity index (χ1v) is 7.79. The standard InChI is InChI=1S/C19H26N2/c1-5-21(6-2)18-12-10-17(11-13-18)14-20-19-9-7-8-15(3)16(19)4/h7-13,20H,5-6,14H2,1-4H3. The first-order chi connectivity index (χ1) is 10.2. The molecular formula is C19H26N2. The van der Waals surface area contributed by atoms with Gasteiger partial charge in [0.05, 0.1) is 0 Å². The first kappa shape index (κ1) is 15.4. The second-order valence-electron chi connectivity index (χ2n) is 5.44. The van der Waals surface area contributed by atoms with Gasteiger partial charge >= 0.3 is 0 Å². The van der Waals surface area contributed by atoms with Crippen LogP contribution >= 0.6 is 0 Å². The molecule has 2 nitrogen and oxygen atoms in total. The molecule has 0 atom stereocenters. The molecule has 0 saturated heterocycles. The van der Waals surface area contributed by atoms with Gasteiger partial charge < -0.3 is 10.2 Å². The van der Waals surface area contributed by atoms with Crippen molar-refractivity contribution < 1.29 is 0 Å². The van der Waals surface area contributed by atoms with E-state index in [0.29, 0.717) is 0 Å². The summed E-state index contributed by atoms with van der Waals surface area (Å²) in [6.45, 7) is 11.7. The Kier molecular flexibility index (Phi) is 5.26. The van der Waals surface area contributed by atoms with E-state index in [-0.39, 0.29) is 0 Å². The molecule has 2 aromatic rings. The van der Waals surface area contributed by atoms with Gasteiger partial charge in [0.15, 0.2) is 0 Å². The zero-order valence-corrected chi connectivity index (χ0v) is 13.6. The smallest absolute Gasteiger partial charge is 0.0400 e. The maximum absolute atomic E-state index is 3.53. The highest BCUT2D eigenvalue weighted by Gasteiger charge is 2.03. The van der Waals surface area contributed by atoms with Gasteiger partial charge in [-0.3, -0.25) is 0 Å². The number of hydrogen-bond donors (Lipinski definition) is 1. The maximum atomic E-state index is 3.53. The molecule has 1 N–H and O–H groups in total. The number of aryl methyl sites for hydroxylation is 1. The van der Waals surface area contributed by atoms with Crippen LogP contribution in [-0.2, 0) is 6.54 Å². The van der Waals surface area contributed by atoms with Gasteiger partial charge in [0.1, 0.15) is 0 Å². The monoisotopic (exact) mass is 282 g/mol.